The fraction of sp³-hybridized carbons (Fsp3) is 0.167. The van der Waals surface area contributed by atoms with Crippen LogP contribution in [0.25, 0.3) is 22.5 Å². The Bertz CT molecular complexity index is 1220. The first kappa shape index (κ1) is 23.0. The van der Waals surface area contributed by atoms with Crippen molar-refractivity contribution >= 4 is 11.9 Å². The van der Waals surface area contributed by atoms with Crippen LogP contribution in [0.4, 0.5) is 5.88 Å². The van der Waals surface area contributed by atoms with Crippen LogP contribution in [0.2, 0.25) is 0 Å². The molecule has 0 fully saturated rings. The second-order valence-electron chi connectivity index (χ2n) is 7.35. The van der Waals surface area contributed by atoms with Crippen molar-refractivity contribution in [3.8, 4) is 28.5 Å². The molecule has 0 radical (unpaired) electrons. The van der Waals surface area contributed by atoms with Gasteiger partial charge in [0, 0.05) is 17.3 Å². The minimum Gasteiger partial charge on any atom is -0.457 e. The molecule has 0 saturated carbocycles. The van der Waals surface area contributed by atoms with Gasteiger partial charge in [-0.1, -0.05) is 60.7 Å². The Morgan fingerprint density at radius 1 is 1.12 bits per heavy atom. The highest BCUT2D eigenvalue weighted by atomic mass is 16.5. The lowest BCUT2D eigenvalue weighted by atomic mass is 9.98. The molecule has 3 atom stereocenters. The number of ether oxygens (including phenoxy) is 1. The molecule has 34 heavy (non-hydrogen) atoms. The van der Waals surface area contributed by atoms with E-state index in [2.05, 4.69) is 22.0 Å². The van der Waals surface area contributed by atoms with Gasteiger partial charge in [0.2, 0.25) is 5.88 Å². The summed E-state index contributed by atoms with van der Waals surface area (Å²) >= 11 is 0. The molecule has 0 saturated heterocycles. The van der Waals surface area contributed by atoms with Gasteiger partial charge in [0.05, 0.1) is 5.57 Å². The Kier molecular flexibility index (Phi) is 6.91. The molecule has 0 aliphatic carbocycles. The Hall–Kier alpha value is -4.14. The highest BCUT2D eigenvalue weighted by Gasteiger charge is 2.28. The van der Waals surface area contributed by atoms with E-state index in [1.807, 2.05) is 60.7 Å². The minimum absolute atomic E-state index is 0.0205. The fourth-order valence-electron chi connectivity index (χ4n) is 3.45. The highest BCUT2D eigenvalue weighted by molar-refractivity contribution is 5.90. The van der Waals surface area contributed by atoms with Crippen LogP contribution in [0.1, 0.15) is 5.56 Å². The van der Waals surface area contributed by atoms with Gasteiger partial charge in [-0.2, -0.15) is 5.26 Å². The van der Waals surface area contributed by atoms with Crippen LogP contribution in [0.3, 0.4) is 0 Å². The first-order chi connectivity index (χ1) is 16.5. The summed E-state index contributed by atoms with van der Waals surface area (Å²) in [6, 6.07) is 20.6. The van der Waals surface area contributed by atoms with Crippen molar-refractivity contribution in [1.82, 2.24) is 10.6 Å². The second-order valence-corrected chi connectivity index (χ2v) is 7.35. The monoisotopic (exact) mass is 462 g/mol. The van der Waals surface area contributed by atoms with Crippen molar-refractivity contribution in [3.05, 3.63) is 78.0 Å². The maximum absolute atomic E-state index is 12.2. The molecule has 0 amide bonds. The zero-order valence-electron chi connectivity index (χ0n) is 17.8. The molecule has 1 aliphatic heterocycles. The Balaban J connectivity index is 1.56. The smallest absolute Gasteiger partial charge is 0.339 e. The van der Waals surface area contributed by atoms with Crippen LogP contribution in [0.5, 0.6) is 0 Å². The van der Waals surface area contributed by atoms with Crippen LogP contribution < -0.4 is 16.0 Å². The number of nitriles is 1. The van der Waals surface area contributed by atoms with Crippen LogP contribution in [-0.4, -0.2) is 46.7 Å². The molecule has 1 aromatic heterocycles. The van der Waals surface area contributed by atoms with E-state index in [1.165, 1.54) is 0 Å². The minimum atomic E-state index is -1.44. The number of hydrogen-bond donors (Lipinski definition) is 6. The summed E-state index contributed by atoms with van der Waals surface area (Å²) in [4.78, 5) is 12.2. The molecule has 2 aromatic carbocycles. The lowest BCUT2D eigenvalue weighted by Crippen LogP contribution is -2.51. The topological polar surface area (TPSA) is 160 Å². The van der Waals surface area contributed by atoms with Gasteiger partial charge in [-0.15, -0.1) is 0 Å². The van der Waals surface area contributed by atoms with E-state index in [4.69, 9.17) is 9.15 Å². The van der Waals surface area contributed by atoms with E-state index in [1.54, 1.807) is 0 Å². The van der Waals surface area contributed by atoms with Crippen molar-refractivity contribution in [2.24, 2.45) is 0 Å². The summed E-state index contributed by atoms with van der Waals surface area (Å²) in [7, 11) is 0. The first-order valence-corrected chi connectivity index (χ1v) is 10.4. The molecular weight excluding hydrogens is 440 g/mol. The van der Waals surface area contributed by atoms with Crippen molar-refractivity contribution in [3.63, 3.8) is 0 Å². The van der Waals surface area contributed by atoms with Gasteiger partial charge in [-0.3, -0.25) is 0 Å². The number of benzene rings is 2. The van der Waals surface area contributed by atoms with Crippen LogP contribution in [0.15, 0.2) is 76.9 Å². The number of esters is 1. The largest absolute Gasteiger partial charge is 0.457 e. The summed E-state index contributed by atoms with van der Waals surface area (Å²) in [5.74, 6) is -0.441. The molecule has 3 unspecified atom stereocenters. The normalized spacial score (nSPS) is 18.2. The molecule has 0 bridgehead atoms. The molecular formula is C24H22N4O6. The maximum atomic E-state index is 12.2. The molecule has 4 rings (SSSR count). The third-order valence-electron chi connectivity index (χ3n) is 5.03. The third-order valence-corrected chi connectivity index (χ3v) is 5.03. The van der Waals surface area contributed by atoms with Gasteiger partial charge in [-0.05, 0) is 5.56 Å². The third kappa shape index (κ3) is 4.93. The van der Waals surface area contributed by atoms with Crippen LogP contribution >= 0.6 is 0 Å². The van der Waals surface area contributed by atoms with E-state index in [0.29, 0.717) is 11.3 Å². The van der Waals surface area contributed by atoms with Crippen molar-refractivity contribution in [1.29, 1.82) is 5.26 Å². The molecule has 174 valence electrons. The molecule has 10 nitrogen and oxygen atoms in total. The Morgan fingerprint density at radius 2 is 1.76 bits per heavy atom. The van der Waals surface area contributed by atoms with E-state index in [9.17, 15) is 25.4 Å². The molecule has 0 spiro atoms. The number of nitrogens with one attached hydrogen (secondary N) is 3. The number of nitrogens with zero attached hydrogens (tertiary/aromatic N) is 1. The number of carbonyl (C=O) groups excluding carboxylic acids is 1. The summed E-state index contributed by atoms with van der Waals surface area (Å²) in [6.07, 6.45) is -2.94. The number of rotatable bonds is 7. The zero-order valence-corrected chi connectivity index (χ0v) is 17.8. The van der Waals surface area contributed by atoms with Gasteiger partial charge in [0.25, 0.3) is 0 Å². The zero-order chi connectivity index (χ0) is 24.1. The average molecular weight is 462 g/mol. The fourth-order valence-corrected chi connectivity index (χ4v) is 3.45. The molecule has 2 heterocycles. The standard InChI is InChI=1S/C24H22N4O6/c25-11-16-19(14-7-3-1-4-8-14)20(15-9-5-2-6-10-15)34-22(16)27-18(29)13-33-23(31)17-12-26-24(32)28-21(17)30/h1-10,12,18,21,24,26-30,32H,13H2. The van der Waals surface area contributed by atoms with Gasteiger partial charge in [-0.25, -0.2) is 10.1 Å². The summed E-state index contributed by atoms with van der Waals surface area (Å²) in [6.45, 7) is -0.502. The Morgan fingerprint density at radius 3 is 2.38 bits per heavy atom. The van der Waals surface area contributed by atoms with E-state index >= 15 is 0 Å². The van der Waals surface area contributed by atoms with E-state index < -0.39 is 31.4 Å². The van der Waals surface area contributed by atoms with Crippen molar-refractivity contribution in [2.45, 2.75) is 18.8 Å². The number of aliphatic hydroxyl groups excluding tert-OH is 3. The van der Waals surface area contributed by atoms with Gasteiger partial charge in [0.1, 0.15) is 30.2 Å². The summed E-state index contributed by atoms with van der Waals surface area (Å²) < 4.78 is 11.0. The quantitative estimate of drug-likeness (QED) is 0.224. The van der Waals surface area contributed by atoms with Crippen LogP contribution in [0, 0.1) is 11.3 Å². The predicted octanol–water partition coefficient (Wildman–Crippen LogP) is 1.43. The molecule has 1 aliphatic rings. The molecule has 10 heteroatoms. The van der Waals surface area contributed by atoms with Gasteiger partial charge in [0.15, 0.2) is 12.6 Å². The number of anilines is 1. The SMILES string of the molecule is N#Cc1c(NC(O)COC(=O)C2=CNC(O)NC2O)oc(-c2ccccc2)c1-c1ccccc1. The summed E-state index contributed by atoms with van der Waals surface area (Å²) in [5, 5.41) is 46.8. The second kappa shape index (κ2) is 10.2. The van der Waals surface area contributed by atoms with E-state index in [-0.39, 0.29) is 17.0 Å². The van der Waals surface area contributed by atoms with Gasteiger partial charge >= 0.3 is 5.97 Å². The lowest BCUT2D eigenvalue weighted by Gasteiger charge is -2.25. The number of furan rings is 1. The molecule has 3 aromatic rings. The van der Waals surface area contributed by atoms with Gasteiger partial charge < -0.3 is 35.1 Å². The maximum Gasteiger partial charge on any atom is 0.339 e. The highest BCUT2D eigenvalue weighted by Crippen LogP contribution is 2.41. The van der Waals surface area contributed by atoms with E-state index in [0.717, 1.165) is 17.3 Å². The lowest BCUT2D eigenvalue weighted by molar-refractivity contribution is -0.143. The van der Waals surface area contributed by atoms with Crippen LogP contribution in [-0.2, 0) is 9.53 Å². The summed E-state index contributed by atoms with van der Waals surface area (Å²) in [5.41, 5.74) is 2.07. The Labute approximate surface area is 194 Å². The van der Waals surface area contributed by atoms with Crippen molar-refractivity contribution in [2.75, 3.05) is 11.9 Å². The predicted molar refractivity (Wildman–Crippen MR) is 121 cm³/mol. The molecule has 6 N–H and O–H groups in total. The number of carbonyl (C=O) groups is 1. The number of hydrogen-bond acceptors (Lipinski definition) is 10. The van der Waals surface area contributed by atoms with Crippen molar-refractivity contribution < 1.29 is 29.3 Å². The average Bonchev–Trinajstić information content (AvgIpc) is 3.21. The number of aliphatic hydroxyl groups is 3. The first-order valence-electron chi connectivity index (χ1n) is 10.4.